The number of likely N-dealkylation sites (tertiary alicyclic amines) is 1. The zero-order valence-corrected chi connectivity index (χ0v) is 12.8. The lowest BCUT2D eigenvalue weighted by Crippen LogP contribution is -2.24. The van der Waals surface area contributed by atoms with Crippen LogP contribution < -0.4 is 5.32 Å². The number of imidazole rings is 1. The van der Waals surface area contributed by atoms with Gasteiger partial charge in [0.25, 0.3) is 0 Å². The minimum Gasteiger partial charge on any atom is -0.373 e. The Labute approximate surface area is 125 Å². The molecule has 1 aliphatic rings. The molecule has 21 heavy (non-hydrogen) atoms. The highest BCUT2D eigenvalue weighted by Gasteiger charge is 2.28. The molecule has 3 heterocycles. The van der Waals surface area contributed by atoms with Crippen molar-refractivity contribution in [2.45, 2.75) is 39.3 Å². The molecule has 0 aromatic carbocycles. The third kappa shape index (κ3) is 2.90. The van der Waals surface area contributed by atoms with Crippen LogP contribution in [0.4, 0.5) is 5.82 Å². The Kier molecular flexibility index (Phi) is 3.88. The Morgan fingerprint density at radius 3 is 2.95 bits per heavy atom. The summed E-state index contributed by atoms with van der Waals surface area (Å²) in [6.07, 6.45) is 4.11. The van der Waals surface area contributed by atoms with E-state index in [-0.39, 0.29) is 0 Å². The molecule has 1 atom stereocenters. The van der Waals surface area contributed by atoms with Crippen LogP contribution in [-0.4, -0.2) is 38.4 Å². The van der Waals surface area contributed by atoms with Gasteiger partial charge in [0, 0.05) is 25.4 Å². The molecule has 2 aromatic rings. The van der Waals surface area contributed by atoms with Gasteiger partial charge in [0.05, 0.1) is 23.8 Å². The number of aromatic amines is 1. The Hall–Kier alpha value is -1.95. The van der Waals surface area contributed by atoms with Crippen LogP contribution in [0.15, 0.2) is 12.4 Å². The summed E-state index contributed by atoms with van der Waals surface area (Å²) in [5.41, 5.74) is 3.38. The minimum atomic E-state index is 0.356. The highest BCUT2D eigenvalue weighted by molar-refractivity contribution is 5.36. The number of hydrogen-bond donors (Lipinski definition) is 2. The average Bonchev–Trinajstić information content (AvgIpc) is 3.08. The predicted octanol–water partition coefficient (Wildman–Crippen LogP) is 2.20. The first-order valence-electron chi connectivity index (χ1n) is 7.43. The average molecular weight is 286 g/mol. The third-order valence-corrected chi connectivity index (χ3v) is 4.11. The topological polar surface area (TPSA) is 69.7 Å². The van der Waals surface area contributed by atoms with Crippen molar-refractivity contribution in [2.24, 2.45) is 0 Å². The largest absolute Gasteiger partial charge is 0.373 e. The number of aryl methyl sites for hydroxylation is 2. The van der Waals surface area contributed by atoms with Gasteiger partial charge < -0.3 is 10.3 Å². The number of anilines is 1. The zero-order valence-electron chi connectivity index (χ0n) is 12.8. The van der Waals surface area contributed by atoms with Crippen LogP contribution in [0, 0.1) is 13.8 Å². The van der Waals surface area contributed by atoms with Crippen molar-refractivity contribution < 1.29 is 0 Å². The van der Waals surface area contributed by atoms with Crippen molar-refractivity contribution in [1.29, 1.82) is 0 Å². The molecule has 6 heteroatoms. The van der Waals surface area contributed by atoms with Gasteiger partial charge in [-0.2, -0.15) is 0 Å². The lowest BCUT2D eigenvalue weighted by atomic mass is 10.1. The summed E-state index contributed by atoms with van der Waals surface area (Å²) in [5.74, 6) is 1.71. The normalized spacial score (nSPS) is 19.1. The monoisotopic (exact) mass is 286 g/mol. The van der Waals surface area contributed by atoms with Crippen LogP contribution in [0.25, 0.3) is 0 Å². The lowest BCUT2D eigenvalue weighted by Gasteiger charge is -2.24. The first-order valence-corrected chi connectivity index (χ1v) is 7.43. The van der Waals surface area contributed by atoms with E-state index in [4.69, 9.17) is 0 Å². The Morgan fingerprint density at radius 1 is 1.38 bits per heavy atom. The molecule has 3 rings (SSSR count). The molecular weight excluding hydrogens is 264 g/mol. The summed E-state index contributed by atoms with van der Waals surface area (Å²) in [5, 5.41) is 3.11. The lowest BCUT2D eigenvalue weighted by molar-refractivity contribution is 0.241. The molecule has 0 amide bonds. The van der Waals surface area contributed by atoms with Crippen LogP contribution in [0.3, 0.4) is 0 Å². The van der Waals surface area contributed by atoms with Gasteiger partial charge in [0.1, 0.15) is 11.6 Å². The van der Waals surface area contributed by atoms with Gasteiger partial charge >= 0.3 is 0 Å². The number of nitrogens with one attached hydrogen (secondary N) is 2. The second-order valence-electron chi connectivity index (χ2n) is 5.58. The highest BCUT2D eigenvalue weighted by atomic mass is 15.2. The standard InChI is InChI=1S/C15H22N6/c1-10-13(18-9-17-10)8-21-6-4-5-14(21)12-7-15(16-3)20-11(2)19-12/h7,9,14H,4-6,8H2,1-3H3,(H,17,18)(H,16,19,20). The fourth-order valence-corrected chi connectivity index (χ4v) is 2.98. The minimum absolute atomic E-state index is 0.356. The number of H-pyrrole nitrogens is 1. The van der Waals surface area contributed by atoms with Crippen molar-refractivity contribution in [3.63, 3.8) is 0 Å². The Morgan fingerprint density at radius 2 is 2.24 bits per heavy atom. The maximum atomic E-state index is 4.64. The summed E-state index contributed by atoms with van der Waals surface area (Å²) in [7, 11) is 1.89. The molecule has 1 saturated heterocycles. The van der Waals surface area contributed by atoms with Crippen LogP contribution >= 0.6 is 0 Å². The van der Waals surface area contributed by atoms with E-state index in [1.54, 1.807) is 6.33 Å². The molecule has 2 aromatic heterocycles. The fraction of sp³-hybridized carbons (Fsp3) is 0.533. The number of aromatic nitrogens is 4. The van der Waals surface area contributed by atoms with Gasteiger partial charge in [0.15, 0.2) is 0 Å². The molecule has 1 aliphatic heterocycles. The Balaban J connectivity index is 1.83. The van der Waals surface area contributed by atoms with Crippen molar-refractivity contribution in [3.8, 4) is 0 Å². The molecule has 1 unspecified atom stereocenters. The molecule has 0 saturated carbocycles. The quantitative estimate of drug-likeness (QED) is 0.901. The summed E-state index contributed by atoms with van der Waals surface area (Å²) in [6, 6.07) is 2.42. The summed E-state index contributed by atoms with van der Waals surface area (Å²) >= 11 is 0. The van der Waals surface area contributed by atoms with Crippen molar-refractivity contribution in [3.05, 3.63) is 35.3 Å². The van der Waals surface area contributed by atoms with E-state index >= 15 is 0 Å². The fourth-order valence-electron chi connectivity index (χ4n) is 2.98. The zero-order chi connectivity index (χ0) is 14.8. The maximum Gasteiger partial charge on any atom is 0.129 e. The molecule has 2 N–H and O–H groups in total. The van der Waals surface area contributed by atoms with Gasteiger partial charge in [0.2, 0.25) is 0 Å². The van der Waals surface area contributed by atoms with E-state index < -0.39 is 0 Å². The molecule has 6 nitrogen and oxygen atoms in total. The van der Waals surface area contributed by atoms with E-state index in [1.165, 1.54) is 6.42 Å². The van der Waals surface area contributed by atoms with Crippen LogP contribution in [0.2, 0.25) is 0 Å². The molecule has 0 aliphatic carbocycles. The molecule has 0 bridgehead atoms. The summed E-state index contributed by atoms with van der Waals surface area (Å²) in [6.45, 7) is 5.98. The van der Waals surface area contributed by atoms with Crippen molar-refractivity contribution in [2.75, 3.05) is 18.9 Å². The maximum absolute atomic E-state index is 4.64. The van der Waals surface area contributed by atoms with Gasteiger partial charge in [-0.25, -0.2) is 15.0 Å². The van der Waals surface area contributed by atoms with Crippen LogP contribution in [0.5, 0.6) is 0 Å². The molecule has 0 radical (unpaired) electrons. The first-order chi connectivity index (χ1) is 10.2. The summed E-state index contributed by atoms with van der Waals surface area (Å²) in [4.78, 5) is 19.1. The van der Waals surface area contributed by atoms with Gasteiger partial charge in [-0.1, -0.05) is 0 Å². The first kappa shape index (κ1) is 14.0. The molecule has 1 fully saturated rings. The van der Waals surface area contributed by atoms with Gasteiger partial charge in [-0.3, -0.25) is 4.90 Å². The van der Waals surface area contributed by atoms with Crippen LogP contribution in [-0.2, 0) is 6.54 Å². The molecule has 0 spiro atoms. The van der Waals surface area contributed by atoms with Crippen molar-refractivity contribution >= 4 is 5.82 Å². The number of rotatable bonds is 4. The van der Waals surface area contributed by atoms with E-state index in [0.29, 0.717) is 6.04 Å². The Bertz CT molecular complexity index is 620. The SMILES string of the molecule is CNc1cc(C2CCCN2Cc2nc[nH]c2C)nc(C)n1. The smallest absolute Gasteiger partial charge is 0.129 e. The predicted molar refractivity (Wildman–Crippen MR) is 82.0 cm³/mol. The third-order valence-electron chi connectivity index (χ3n) is 4.11. The van der Waals surface area contributed by atoms with Crippen molar-refractivity contribution in [1.82, 2.24) is 24.8 Å². The van der Waals surface area contributed by atoms with Crippen LogP contribution in [0.1, 0.15) is 41.8 Å². The van der Waals surface area contributed by atoms with E-state index in [1.807, 2.05) is 14.0 Å². The second kappa shape index (κ2) is 5.81. The molecule has 112 valence electrons. The highest BCUT2D eigenvalue weighted by Crippen LogP contribution is 2.32. The second-order valence-corrected chi connectivity index (χ2v) is 5.58. The molecular formula is C15H22N6. The number of hydrogen-bond acceptors (Lipinski definition) is 5. The number of nitrogens with zero attached hydrogens (tertiary/aromatic N) is 4. The van der Waals surface area contributed by atoms with E-state index in [0.717, 1.165) is 48.2 Å². The van der Waals surface area contributed by atoms with Gasteiger partial charge in [-0.05, 0) is 33.2 Å². The van der Waals surface area contributed by atoms with E-state index in [9.17, 15) is 0 Å². The van der Waals surface area contributed by atoms with Gasteiger partial charge in [-0.15, -0.1) is 0 Å². The van der Waals surface area contributed by atoms with E-state index in [2.05, 4.69) is 43.1 Å². The summed E-state index contributed by atoms with van der Waals surface area (Å²) < 4.78 is 0.